The molecule has 0 radical (unpaired) electrons. The second kappa shape index (κ2) is 6.08. The molecule has 15 heavy (non-hydrogen) atoms. The summed E-state index contributed by atoms with van der Waals surface area (Å²) in [6.07, 6.45) is 3.91. The molecule has 4 heteroatoms. The number of carbonyl (C=O) groups is 1. The maximum atomic E-state index is 11.1. The zero-order valence-electron chi connectivity index (χ0n) is 9.70. The summed E-state index contributed by atoms with van der Waals surface area (Å²) >= 11 is 0. The Kier molecular flexibility index (Phi) is 5.05. The van der Waals surface area contributed by atoms with Crippen LogP contribution in [0.15, 0.2) is 0 Å². The Morgan fingerprint density at radius 1 is 1.67 bits per heavy atom. The number of piperidine rings is 1. The van der Waals surface area contributed by atoms with Crippen LogP contribution in [-0.4, -0.2) is 48.2 Å². The highest BCUT2D eigenvalue weighted by atomic mass is 16.4. The summed E-state index contributed by atoms with van der Waals surface area (Å²) in [5, 5.41) is 12.5. The predicted octanol–water partition coefficient (Wildman–Crippen LogP) is 0.924. The van der Waals surface area contributed by atoms with E-state index in [0.29, 0.717) is 6.04 Å². The van der Waals surface area contributed by atoms with Crippen LogP contribution in [0.4, 0.5) is 0 Å². The lowest BCUT2D eigenvalue weighted by atomic mass is 10.0. The molecule has 1 rings (SSSR count). The van der Waals surface area contributed by atoms with E-state index in [-0.39, 0.29) is 6.04 Å². The highest BCUT2D eigenvalue weighted by molar-refractivity contribution is 5.73. The standard InChI is InChI=1S/C11H22N2O2/c1-3-5-10(11(14)15)13(2)9-6-4-7-12-8-9/h9-10,12H,3-8H2,1-2H3,(H,14,15). The molecule has 0 amide bonds. The van der Waals surface area contributed by atoms with Crippen LogP contribution in [0.2, 0.25) is 0 Å². The van der Waals surface area contributed by atoms with Gasteiger partial charge >= 0.3 is 5.97 Å². The van der Waals surface area contributed by atoms with Crippen LogP contribution < -0.4 is 5.32 Å². The normalized spacial score (nSPS) is 24.1. The molecular weight excluding hydrogens is 192 g/mol. The number of likely N-dealkylation sites (N-methyl/N-ethyl adjacent to an activating group) is 1. The molecule has 0 bridgehead atoms. The summed E-state index contributed by atoms with van der Waals surface area (Å²) in [5.41, 5.74) is 0. The zero-order valence-corrected chi connectivity index (χ0v) is 9.70. The van der Waals surface area contributed by atoms with Crippen molar-refractivity contribution in [3.63, 3.8) is 0 Å². The number of hydrogen-bond donors (Lipinski definition) is 2. The Morgan fingerprint density at radius 2 is 2.40 bits per heavy atom. The topological polar surface area (TPSA) is 52.6 Å². The number of nitrogens with one attached hydrogen (secondary N) is 1. The fourth-order valence-electron chi connectivity index (χ4n) is 2.21. The molecule has 4 nitrogen and oxygen atoms in total. The lowest BCUT2D eigenvalue weighted by Crippen LogP contribution is -2.50. The Hall–Kier alpha value is -0.610. The van der Waals surface area contributed by atoms with Crippen molar-refractivity contribution in [1.82, 2.24) is 10.2 Å². The van der Waals surface area contributed by atoms with E-state index in [0.717, 1.165) is 38.8 Å². The number of aliphatic carboxylic acids is 1. The van der Waals surface area contributed by atoms with Gasteiger partial charge in [-0.3, -0.25) is 9.69 Å². The molecule has 88 valence electrons. The first-order valence-corrected chi connectivity index (χ1v) is 5.82. The minimum Gasteiger partial charge on any atom is -0.480 e. The first kappa shape index (κ1) is 12.5. The highest BCUT2D eigenvalue weighted by Crippen LogP contribution is 2.14. The number of rotatable bonds is 5. The van der Waals surface area contributed by atoms with E-state index in [4.69, 9.17) is 5.11 Å². The summed E-state index contributed by atoms with van der Waals surface area (Å²) in [4.78, 5) is 13.1. The van der Waals surface area contributed by atoms with Gasteiger partial charge in [-0.2, -0.15) is 0 Å². The monoisotopic (exact) mass is 214 g/mol. The van der Waals surface area contributed by atoms with Crippen molar-refractivity contribution in [2.75, 3.05) is 20.1 Å². The third kappa shape index (κ3) is 3.47. The first-order valence-electron chi connectivity index (χ1n) is 5.82. The maximum absolute atomic E-state index is 11.1. The molecule has 0 saturated carbocycles. The van der Waals surface area contributed by atoms with E-state index in [2.05, 4.69) is 5.32 Å². The summed E-state index contributed by atoms with van der Waals surface area (Å²) < 4.78 is 0. The van der Waals surface area contributed by atoms with Gasteiger partial charge in [-0.05, 0) is 32.9 Å². The molecule has 0 aromatic rings. The third-order valence-electron chi connectivity index (χ3n) is 3.19. The van der Waals surface area contributed by atoms with E-state index in [1.54, 1.807) is 0 Å². The molecule has 0 spiro atoms. The SMILES string of the molecule is CCCC(C(=O)O)N(C)C1CCCNC1. The van der Waals surface area contributed by atoms with Gasteiger partial charge in [-0.25, -0.2) is 0 Å². The van der Waals surface area contributed by atoms with Crippen LogP contribution in [0.1, 0.15) is 32.6 Å². The van der Waals surface area contributed by atoms with Crippen LogP contribution in [0.5, 0.6) is 0 Å². The van der Waals surface area contributed by atoms with E-state index in [9.17, 15) is 4.79 Å². The first-order chi connectivity index (χ1) is 7.16. The number of hydrogen-bond acceptors (Lipinski definition) is 3. The van der Waals surface area contributed by atoms with Gasteiger partial charge in [0.05, 0.1) is 0 Å². The van der Waals surface area contributed by atoms with Gasteiger partial charge in [-0.15, -0.1) is 0 Å². The van der Waals surface area contributed by atoms with E-state index in [1.807, 2.05) is 18.9 Å². The molecule has 1 heterocycles. The molecule has 0 aliphatic carbocycles. The number of carboxylic acids is 1. The summed E-state index contributed by atoms with van der Waals surface area (Å²) in [6.45, 7) is 4.02. The van der Waals surface area contributed by atoms with Crippen LogP contribution in [-0.2, 0) is 4.79 Å². The largest absolute Gasteiger partial charge is 0.480 e. The molecule has 1 fully saturated rings. The van der Waals surface area contributed by atoms with Crippen molar-refractivity contribution in [3.05, 3.63) is 0 Å². The smallest absolute Gasteiger partial charge is 0.320 e. The molecule has 1 saturated heterocycles. The van der Waals surface area contributed by atoms with Gasteiger partial charge < -0.3 is 10.4 Å². The van der Waals surface area contributed by atoms with Crippen LogP contribution in [0.3, 0.4) is 0 Å². The lowest BCUT2D eigenvalue weighted by molar-refractivity contribution is -0.144. The molecule has 1 aliphatic heterocycles. The van der Waals surface area contributed by atoms with Gasteiger partial charge in [0, 0.05) is 12.6 Å². The Balaban J connectivity index is 2.53. The summed E-state index contributed by atoms with van der Waals surface area (Å²) in [7, 11) is 1.94. The highest BCUT2D eigenvalue weighted by Gasteiger charge is 2.28. The average molecular weight is 214 g/mol. The molecular formula is C11H22N2O2. The predicted molar refractivity (Wildman–Crippen MR) is 60.0 cm³/mol. The maximum Gasteiger partial charge on any atom is 0.320 e. The van der Waals surface area contributed by atoms with Gasteiger partial charge in [0.15, 0.2) is 0 Å². The minimum absolute atomic E-state index is 0.320. The second-order valence-corrected chi connectivity index (χ2v) is 4.31. The molecule has 2 atom stereocenters. The molecule has 2 unspecified atom stereocenters. The lowest BCUT2D eigenvalue weighted by Gasteiger charge is -2.35. The van der Waals surface area contributed by atoms with Crippen molar-refractivity contribution in [2.24, 2.45) is 0 Å². The van der Waals surface area contributed by atoms with Gasteiger partial charge in [0.2, 0.25) is 0 Å². The minimum atomic E-state index is -0.690. The quantitative estimate of drug-likeness (QED) is 0.714. The van der Waals surface area contributed by atoms with Crippen LogP contribution >= 0.6 is 0 Å². The van der Waals surface area contributed by atoms with Crippen molar-refractivity contribution >= 4 is 5.97 Å². The van der Waals surface area contributed by atoms with E-state index in [1.165, 1.54) is 0 Å². The average Bonchev–Trinajstić information content (AvgIpc) is 2.26. The van der Waals surface area contributed by atoms with Crippen LogP contribution in [0, 0.1) is 0 Å². The Morgan fingerprint density at radius 3 is 2.87 bits per heavy atom. The Labute approximate surface area is 91.6 Å². The third-order valence-corrected chi connectivity index (χ3v) is 3.19. The summed E-state index contributed by atoms with van der Waals surface area (Å²) in [5.74, 6) is -0.690. The second-order valence-electron chi connectivity index (χ2n) is 4.31. The number of nitrogens with zero attached hydrogens (tertiary/aromatic N) is 1. The molecule has 2 N–H and O–H groups in total. The van der Waals surface area contributed by atoms with Crippen LogP contribution in [0.25, 0.3) is 0 Å². The van der Waals surface area contributed by atoms with Gasteiger partial charge in [-0.1, -0.05) is 13.3 Å². The van der Waals surface area contributed by atoms with Crippen molar-refractivity contribution < 1.29 is 9.90 Å². The van der Waals surface area contributed by atoms with Crippen molar-refractivity contribution in [3.8, 4) is 0 Å². The molecule has 0 aromatic heterocycles. The van der Waals surface area contributed by atoms with E-state index >= 15 is 0 Å². The Bertz CT molecular complexity index is 203. The zero-order chi connectivity index (χ0) is 11.3. The molecule has 1 aliphatic rings. The van der Waals surface area contributed by atoms with Crippen molar-refractivity contribution in [1.29, 1.82) is 0 Å². The van der Waals surface area contributed by atoms with Crippen molar-refractivity contribution in [2.45, 2.75) is 44.7 Å². The number of carboxylic acid groups (broad SMARTS) is 1. The van der Waals surface area contributed by atoms with Gasteiger partial charge in [0.1, 0.15) is 6.04 Å². The summed E-state index contributed by atoms with van der Waals surface area (Å²) in [6, 6.07) is 0.0614. The fraction of sp³-hybridized carbons (Fsp3) is 0.909. The fourth-order valence-corrected chi connectivity index (χ4v) is 2.21. The molecule has 0 aromatic carbocycles. The van der Waals surface area contributed by atoms with Gasteiger partial charge in [0.25, 0.3) is 0 Å². The van der Waals surface area contributed by atoms with E-state index < -0.39 is 5.97 Å².